The van der Waals surface area contributed by atoms with Crippen molar-refractivity contribution < 1.29 is 13.3 Å². The lowest BCUT2D eigenvalue weighted by Gasteiger charge is -2.24. The third-order valence-corrected chi connectivity index (χ3v) is 11.6. The van der Waals surface area contributed by atoms with Crippen molar-refractivity contribution in [2.24, 2.45) is 5.73 Å². The van der Waals surface area contributed by atoms with Crippen molar-refractivity contribution in [2.45, 2.75) is 12.5 Å². The highest BCUT2D eigenvalue weighted by Gasteiger charge is 2.36. The van der Waals surface area contributed by atoms with Gasteiger partial charge in [-0.05, 0) is 13.0 Å². The lowest BCUT2D eigenvalue weighted by molar-refractivity contribution is 0.148. The van der Waals surface area contributed by atoms with Gasteiger partial charge in [-0.2, -0.15) is 0 Å². The van der Waals surface area contributed by atoms with Crippen LogP contribution in [-0.2, 0) is 13.3 Å². The molecule has 0 aliphatic rings. The minimum Gasteiger partial charge on any atom is -0.380 e. The highest BCUT2D eigenvalue weighted by atomic mass is 29.2. The molecule has 0 aromatic rings. The Labute approximate surface area is 114 Å². The second-order valence-corrected chi connectivity index (χ2v) is 11.9. The van der Waals surface area contributed by atoms with Gasteiger partial charge in [0.05, 0.1) is 0 Å². The molecule has 0 saturated heterocycles. The first-order chi connectivity index (χ1) is 8.74. The molecule has 0 spiro atoms. The predicted octanol–water partition coefficient (Wildman–Crippen LogP) is -1.52. The number of hydrogen-bond acceptors (Lipinski definition) is 6. The molecule has 0 unspecified atom stereocenters. The van der Waals surface area contributed by atoms with E-state index in [1.807, 2.05) is 0 Å². The summed E-state index contributed by atoms with van der Waals surface area (Å²) in [6.07, 6.45) is 1.16. The zero-order valence-corrected chi connectivity index (χ0v) is 14.4. The van der Waals surface area contributed by atoms with E-state index in [0.717, 1.165) is 32.6 Å². The Morgan fingerprint density at radius 1 is 0.944 bits per heavy atom. The van der Waals surface area contributed by atoms with Crippen molar-refractivity contribution >= 4 is 17.4 Å². The highest BCUT2D eigenvalue weighted by molar-refractivity contribution is 7.14. The number of nitrogens with one attached hydrogen (secondary N) is 2. The molecule has 0 amide bonds. The van der Waals surface area contributed by atoms with Crippen LogP contribution < -0.4 is 16.4 Å². The van der Waals surface area contributed by atoms with E-state index in [1.54, 1.807) is 21.3 Å². The molecule has 0 radical (unpaired) electrons. The largest absolute Gasteiger partial charge is 0.461 e. The third kappa shape index (κ3) is 8.32. The fourth-order valence-electron chi connectivity index (χ4n) is 1.68. The fourth-order valence-corrected chi connectivity index (χ4v) is 7.61. The first-order valence-electron chi connectivity index (χ1n) is 6.51. The molecule has 6 nitrogen and oxygen atoms in total. The predicted molar refractivity (Wildman–Crippen MR) is 79.5 cm³/mol. The monoisotopic (exact) mass is 295 g/mol. The van der Waals surface area contributed by atoms with E-state index in [2.05, 4.69) is 10.6 Å². The lowest BCUT2D eigenvalue weighted by Crippen LogP contribution is -2.49. The summed E-state index contributed by atoms with van der Waals surface area (Å²) < 4.78 is 16.3. The summed E-state index contributed by atoms with van der Waals surface area (Å²) >= 11 is 0. The van der Waals surface area contributed by atoms with Gasteiger partial charge in [0.1, 0.15) is 9.04 Å². The molecule has 0 aromatic heterocycles. The molecule has 4 N–H and O–H groups in total. The van der Waals surface area contributed by atoms with Crippen molar-refractivity contribution in [1.29, 1.82) is 0 Å². The average Bonchev–Trinajstić information content (AvgIpc) is 2.42. The summed E-state index contributed by atoms with van der Waals surface area (Å²) in [5.41, 5.74) is 5.38. The summed E-state index contributed by atoms with van der Waals surface area (Å²) in [5, 5.41) is 6.64. The first-order valence-corrected chi connectivity index (χ1v) is 11.6. The maximum atomic E-state index is 5.42. The molecule has 18 heavy (non-hydrogen) atoms. The standard InChI is InChI=1S/C10H29N3O3Si2/c1-14-18(15-2,16-3)17-10-4-6-12-8-9-13-7-5-11/h12-13H,4-11,17H2,1-3H3. The van der Waals surface area contributed by atoms with Crippen molar-refractivity contribution in [2.75, 3.05) is 54.1 Å². The minimum atomic E-state index is -2.22. The molecular formula is C10H29N3O3Si2. The Bertz CT molecular complexity index is 177. The fraction of sp³-hybridized carbons (Fsp3) is 1.00. The quantitative estimate of drug-likeness (QED) is 0.283. The molecular weight excluding hydrogens is 266 g/mol. The van der Waals surface area contributed by atoms with Crippen LogP contribution in [0.4, 0.5) is 0 Å². The van der Waals surface area contributed by atoms with Crippen LogP contribution in [0.5, 0.6) is 0 Å². The summed E-state index contributed by atoms with van der Waals surface area (Å²) in [5.74, 6) is 0. The third-order valence-electron chi connectivity index (χ3n) is 2.82. The van der Waals surface area contributed by atoms with Gasteiger partial charge in [-0.15, -0.1) is 0 Å². The summed E-state index contributed by atoms with van der Waals surface area (Å²) in [4.78, 5) is 0. The van der Waals surface area contributed by atoms with Gasteiger partial charge < -0.3 is 29.6 Å². The van der Waals surface area contributed by atoms with Gasteiger partial charge >= 0.3 is 8.32 Å². The SMILES string of the molecule is CO[Si](OC)(OC)[SiH2]CCCNCCNCCN. The molecule has 0 atom stereocenters. The van der Waals surface area contributed by atoms with E-state index in [9.17, 15) is 0 Å². The van der Waals surface area contributed by atoms with E-state index in [4.69, 9.17) is 19.0 Å². The van der Waals surface area contributed by atoms with Gasteiger partial charge in [-0.25, -0.2) is 0 Å². The van der Waals surface area contributed by atoms with Gasteiger partial charge in [0.15, 0.2) is 0 Å². The van der Waals surface area contributed by atoms with Crippen LogP contribution in [0.3, 0.4) is 0 Å². The molecule has 0 aromatic carbocycles. The van der Waals surface area contributed by atoms with Gasteiger partial charge in [-0.1, -0.05) is 6.04 Å². The molecule has 8 heteroatoms. The van der Waals surface area contributed by atoms with E-state index in [-0.39, 0.29) is 0 Å². The number of rotatable bonds is 13. The van der Waals surface area contributed by atoms with Crippen molar-refractivity contribution in [3.05, 3.63) is 0 Å². The smallest absolute Gasteiger partial charge is 0.380 e. The molecule has 110 valence electrons. The Balaban J connectivity index is 3.38. The molecule has 0 aliphatic heterocycles. The molecule has 0 aliphatic carbocycles. The average molecular weight is 296 g/mol. The number of hydrogen-bond donors (Lipinski definition) is 3. The Kier molecular flexibility index (Phi) is 12.4. The van der Waals surface area contributed by atoms with Crippen LogP contribution in [0.25, 0.3) is 0 Å². The Hall–Kier alpha value is 0.194. The second kappa shape index (κ2) is 12.2. The minimum absolute atomic E-state index is 0.429. The maximum Gasteiger partial charge on any atom is 0.461 e. The van der Waals surface area contributed by atoms with Gasteiger partial charge in [-0.3, -0.25) is 0 Å². The zero-order valence-electron chi connectivity index (χ0n) is 12.0. The number of nitrogens with two attached hydrogens (primary N) is 1. The van der Waals surface area contributed by atoms with Crippen LogP contribution in [-0.4, -0.2) is 71.4 Å². The molecule has 0 fully saturated rings. The van der Waals surface area contributed by atoms with E-state index in [1.165, 1.54) is 6.04 Å². The topological polar surface area (TPSA) is 77.8 Å². The summed E-state index contributed by atoms with van der Waals surface area (Å²) in [6.45, 7) is 4.59. The van der Waals surface area contributed by atoms with Crippen LogP contribution in [0.1, 0.15) is 6.42 Å². The van der Waals surface area contributed by atoms with Crippen molar-refractivity contribution in [3.63, 3.8) is 0 Å². The van der Waals surface area contributed by atoms with Gasteiger partial charge in [0, 0.05) is 47.5 Å². The van der Waals surface area contributed by atoms with E-state index >= 15 is 0 Å². The summed E-state index contributed by atoms with van der Waals surface area (Å²) in [7, 11) is 2.42. The van der Waals surface area contributed by atoms with Crippen LogP contribution in [0.15, 0.2) is 0 Å². The Morgan fingerprint density at radius 2 is 1.50 bits per heavy atom. The Morgan fingerprint density at radius 3 is 2.00 bits per heavy atom. The molecule has 0 saturated carbocycles. The molecule has 0 heterocycles. The molecule has 0 bridgehead atoms. The lowest BCUT2D eigenvalue weighted by atomic mass is 10.4. The van der Waals surface area contributed by atoms with E-state index in [0.29, 0.717) is 6.54 Å². The first kappa shape index (κ1) is 18.2. The van der Waals surface area contributed by atoms with Gasteiger partial charge in [0.25, 0.3) is 0 Å². The summed E-state index contributed by atoms with van der Waals surface area (Å²) in [6, 6.07) is 1.19. The second-order valence-electron chi connectivity index (χ2n) is 4.04. The van der Waals surface area contributed by atoms with Gasteiger partial charge in [0.2, 0.25) is 0 Å². The van der Waals surface area contributed by atoms with Crippen LogP contribution in [0, 0.1) is 0 Å². The van der Waals surface area contributed by atoms with Crippen molar-refractivity contribution in [1.82, 2.24) is 10.6 Å². The van der Waals surface area contributed by atoms with Crippen molar-refractivity contribution in [3.8, 4) is 0 Å². The molecule has 0 rings (SSSR count). The normalized spacial score (nSPS) is 12.7. The highest BCUT2D eigenvalue weighted by Crippen LogP contribution is 2.06. The zero-order chi connectivity index (χ0) is 13.7. The van der Waals surface area contributed by atoms with E-state index < -0.39 is 17.4 Å². The van der Waals surface area contributed by atoms with Crippen LogP contribution >= 0.6 is 0 Å². The van der Waals surface area contributed by atoms with Crippen LogP contribution in [0.2, 0.25) is 6.04 Å². The maximum absolute atomic E-state index is 5.42.